The molecule has 0 bridgehead atoms. The second-order valence-corrected chi connectivity index (χ2v) is 10.3. The van der Waals surface area contributed by atoms with Crippen LogP contribution in [0.2, 0.25) is 0 Å². The number of hydrogen-bond acceptors (Lipinski definition) is 10. The fourth-order valence-corrected chi connectivity index (χ4v) is 4.70. The Kier molecular flexibility index (Phi) is 11.0. The van der Waals surface area contributed by atoms with E-state index in [1.54, 1.807) is 7.11 Å². The van der Waals surface area contributed by atoms with Gasteiger partial charge in [0, 0.05) is 49.8 Å². The largest absolute Gasteiger partial charge is 0.496 e. The SMILES string of the molecule is COc1ccccc1CN1CCc2c(nc(C(C)C)nc2N2CCOCC2)C1.O=C(O)CC(O)(CC(=O)O)C(=O)O. The molecular formula is C28H38N4O9. The lowest BCUT2D eigenvalue weighted by atomic mass is 9.96. The normalized spacial score (nSPS) is 15.5. The first-order valence-electron chi connectivity index (χ1n) is 13.4. The first kappa shape index (κ1) is 31.7. The fourth-order valence-electron chi connectivity index (χ4n) is 4.70. The van der Waals surface area contributed by atoms with E-state index in [4.69, 9.17) is 39.9 Å². The summed E-state index contributed by atoms with van der Waals surface area (Å²) in [5.74, 6) is -1.68. The van der Waals surface area contributed by atoms with Crippen LogP contribution < -0.4 is 9.64 Å². The maximum absolute atomic E-state index is 10.3. The van der Waals surface area contributed by atoms with Gasteiger partial charge < -0.3 is 34.8 Å². The van der Waals surface area contributed by atoms with Crippen molar-refractivity contribution in [1.29, 1.82) is 0 Å². The maximum Gasteiger partial charge on any atom is 0.336 e. The highest BCUT2D eigenvalue weighted by Gasteiger charge is 2.40. The van der Waals surface area contributed by atoms with Crippen LogP contribution in [0.15, 0.2) is 24.3 Å². The molecule has 0 spiro atoms. The van der Waals surface area contributed by atoms with E-state index in [1.165, 1.54) is 16.8 Å². The number of para-hydroxylation sites is 1. The van der Waals surface area contributed by atoms with Crippen LogP contribution in [0.5, 0.6) is 5.75 Å². The van der Waals surface area contributed by atoms with Crippen molar-refractivity contribution in [3.8, 4) is 5.75 Å². The third-order valence-corrected chi connectivity index (χ3v) is 6.84. The number of aliphatic hydroxyl groups is 1. The van der Waals surface area contributed by atoms with Crippen LogP contribution in [0.1, 0.15) is 55.3 Å². The minimum absolute atomic E-state index is 0.315. The minimum atomic E-state index is -2.74. The molecular weight excluding hydrogens is 536 g/mol. The molecule has 0 saturated carbocycles. The van der Waals surface area contributed by atoms with Gasteiger partial charge in [0.15, 0.2) is 5.60 Å². The molecule has 1 aromatic heterocycles. The van der Waals surface area contributed by atoms with Crippen LogP contribution in [0.3, 0.4) is 0 Å². The van der Waals surface area contributed by atoms with Gasteiger partial charge in [-0.3, -0.25) is 14.5 Å². The topological polar surface area (TPSA) is 183 Å². The van der Waals surface area contributed by atoms with Crippen LogP contribution in [0.25, 0.3) is 0 Å². The van der Waals surface area contributed by atoms with Crippen LogP contribution in [0, 0.1) is 0 Å². The number of benzene rings is 1. The molecule has 0 radical (unpaired) electrons. The van der Waals surface area contributed by atoms with Gasteiger partial charge in [0.2, 0.25) is 0 Å². The van der Waals surface area contributed by atoms with Crippen molar-refractivity contribution in [3.63, 3.8) is 0 Å². The Balaban J connectivity index is 0.000000302. The number of aliphatic carboxylic acids is 3. The van der Waals surface area contributed by atoms with E-state index >= 15 is 0 Å². The van der Waals surface area contributed by atoms with E-state index in [9.17, 15) is 14.4 Å². The average Bonchev–Trinajstić information content (AvgIpc) is 2.92. The molecule has 41 heavy (non-hydrogen) atoms. The van der Waals surface area contributed by atoms with Crippen molar-refractivity contribution >= 4 is 23.7 Å². The van der Waals surface area contributed by atoms with Crippen molar-refractivity contribution in [2.24, 2.45) is 0 Å². The van der Waals surface area contributed by atoms with E-state index in [0.29, 0.717) is 5.92 Å². The predicted octanol–water partition coefficient (Wildman–Crippen LogP) is 1.76. The number of carboxylic acid groups (broad SMARTS) is 3. The van der Waals surface area contributed by atoms with Crippen LogP contribution in [-0.4, -0.2) is 98.8 Å². The van der Waals surface area contributed by atoms with Crippen molar-refractivity contribution in [1.82, 2.24) is 14.9 Å². The third kappa shape index (κ3) is 8.59. The zero-order chi connectivity index (χ0) is 30.2. The van der Waals surface area contributed by atoms with Gasteiger partial charge in [0.1, 0.15) is 17.4 Å². The number of carboxylic acids is 3. The summed E-state index contributed by atoms with van der Waals surface area (Å²) in [6.45, 7) is 10.4. The number of fused-ring (bicyclic) bond motifs is 1. The molecule has 4 rings (SSSR count). The summed E-state index contributed by atoms with van der Waals surface area (Å²) in [6, 6.07) is 8.27. The number of rotatable bonds is 10. The Morgan fingerprint density at radius 1 is 1.02 bits per heavy atom. The van der Waals surface area contributed by atoms with Gasteiger partial charge in [-0.25, -0.2) is 14.8 Å². The molecule has 1 fully saturated rings. The average molecular weight is 575 g/mol. The lowest BCUT2D eigenvalue weighted by molar-refractivity contribution is -0.170. The standard InChI is InChI=1S/C22H30N4O2.C6H8O7/c1-16(2)21-23-19-15-25(14-17-6-4-5-7-20(17)27-3)9-8-18(19)22(24-21)26-10-12-28-13-11-26;7-3(8)1-6(13,5(11)12)2-4(9)10/h4-7,16H,8-15H2,1-3H3;13H,1-2H2,(H,7,8)(H,9,10)(H,11,12). The highest BCUT2D eigenvalue weighted by Crippen LogP contribution is 2.30. The zero-order valence-corrected chi connectivity index (χ0v) is 23.6. The van der Waals surface area contributed by atoms with Crippen molar-refractivity contribution in [2.75, 3.05) is 44.9 Å². The summed E-state index contributed by atoms with van der Waals surface area (Å²) >= 11 is 0. The fraction of sp³-hybridized carbons (Fsp3) is 0.536. The molecule has 3 heterocycles. The Hall–Kier alpha value is -3.81. The smallest absolute Gasteiger partial charge is 0.336 e. The summed E-state index contributed by atoms with van der Waals surface area (Å²) in [5.41, 5.74) is 0.987. The minimum Gasteiger partial charge on any atom is -0.496 e. The molecule has 13 heteroatoms. The lowest BCUT2D eigenvalue weighted by Crippen LogP contribution is -2.42. The van der Waals surface area contributed by atoms with Gasteiger partial charge in [-0.1, -0.05) is 32.0 Å². The van der Waals surface area contributed by atoms with Crippen LogP contribution >= 0.6 is 0 Å². The number of anilines is 1. The van der Waals surface area contributed by atoms with E-state index in [2.05, 4.69) is 35.8 Å². The number of nitrogens with zero attached hydrogens (tertiary/aromatic N) is 4. The second kappa shape index (κ2) is 14.2. The highest BCUT2D eigenvalue weighted by atomic mass is 16.5. The van der Waals surface area contributed by atoms with Gasteiger partial charge in [0.05, 0.1) is 38.9 Å². The zero-order valence-electron chi connectivity index (χ0n) is 23.6. The Labute approximate surface area is 238 Å². The Morgan fingerprint density at radius 2 is 1.66 bits per heavy atom. The molecule has 2 aliphatic heterocycles. The number of carbonyl (C=O) groups is 3. The number of methoxy groups -OCH3 is 1. The molecule has 0 unspecified atom stereocenters. The molecule has 13 nitrogen and oxygen atoms in total. The van der Waals surface area contributed by atoms with E-state index < -0.39 is 36.4 Å². The highest BCUT2D eigenvalue weighted by molar-refractivity contribution is 5.88. The molecule has 2 aromatic rings. The number of hydrogen-bond donors (Lipinski definition) is 4. The van der Waals surface area contributed by atoms with E-state index in [-0.39, 0.29) is 0 Å². The van der Waals surface area contributed by atoms with Crippen LogP contribution in [-0.2, 0) is 38.6 Å². The van der Waals surface area contributed by atoms with Gasteiger partial charge in [0.25, 0.3) is 0 Å². The number of ether oxygens (including phenoxy) is 2. The Morgan fingerprint density at radius 3 is 2.22 bits per heavy atom. The summed E-state index contributed by atoms with van der Waals surface area (Å²) in [4.78, 5) is 45.3. The second-order valence-electron chi connectivity index (χ2n) is 10.3. The van der Waals surface area contributed by atoms with Crippen molar-refractivity contribution in [3.05, 3.63) is 46.9 Å². The molecule has 4 N–H and O–H groups in total. The molecule has 0 amide bonds. The third-order valence-electron chi connectivity index (χ3n) is 6.84. The summed E-state index contributed by atoms with van der Waals surface area (Å²) in [7, 11) is 1.74. The molecule has 1 aromatic carbocycles. The van der Waals surface area contributed by atoms with Gasteiger partial charge in [-0.15, -0.1) is 0 Å². The number of aromatic nitrogens is 2. The molecule has 2 aliphatic rings. The first-order valence-corrected chi connectivity index (χ1v) is 13.4. The maximum atomic E-state index is 10.3. The van der Waals surface area contributed by atoms with Crippen molar-refractivity contribution in [2.45, 2.75) is 57.7 Å². The quantitative estimate of drug-likeness (QED) is 0.322. The summed E-state index contributed by atoms with van der Waals surface area (Å²) < 4.78 is 11.1. The monoisotopic (exact) mass is 574 g/mol. The van der Waals surface area contributed by atoms with Gasteiger partial charge >= 0.3 is 17.9 Å². The Bertz CT molecular complexity index is 1220. The molecule has 1 saturated heterocycles. The molecule has 0 atom stereocenters. The summed E-state index contributed by atoms with van der Waals surface area (Å²) in [5, 5.41) is 33.8. The summed E-state index contributed by atoms with van der Waals surface area (Å²) in [6.07, 6.45) is -1.31. The molecule has 0 aliphatic carbocycles. The van der Waals surface area contributed by atoms with E-state index in [0.717, 1.165) is 69.8 Å². The molecule has 224 valence electrons. The van der Waals surface area contributed by atoms with Crippen molar-refractivity contribution < 1.29 is 44.3 Å². The van der Waals surface area contributed by atoms with Gasteiger partial charge in [-0.2, -0.15) is 0 Å². The van der Waals surface area contributed by atoms with Crippen LogP contribution in [0.4, 0.5) is 5.82 Å². The van der Waals surface area contributed by atoms with E-state index in [1.807, 2.05) is 12.1 Å². The first-order chi connectivity index (χ1) is 19.4. The van der Waals surface area contributed by atoms with Gasteiger partial charge in [-0.05, 0) is 12.5 Å². The lowest BCUT2D eigenvalue weighted by Gasteiger charge is -2.34. The number of morpholine rings is 1. The predicted molar refractivity (Wildman–Crippen MR) is 147 cm³/mol.